The van der Waals surface area contributed by atoms with Gasteiger partial charge in [-0.15, -0.1) is 0 Å². The zero-order valence-electron chi connectivity index (χ0n) is 17.2. The van der Waals surface area contributed by atoms with Crippen LogP contribution in [0.2, 0.25) is 0 Å². The van der Waals surface area contributed by atoms with Gasteiger partial charge in [0.1, 0.15) is 11.6 Å². The van der Waals surface area contributed by atoms with E-state index in [1.165, 1.54) is 29.5 Å². The third-order valence-corrected chi connectivity index (χ3v) is 7.01. The molecule has 6 heteroatoms. The van der Waals surface area contributed by atoms with Gasteiger partial charge in [0.25, 0.3) is 0 Å². The predicted molar refractivity (Wildman–Crippen MR) is 114 cm³/mol. The second kappa shape index (κ2) is 7.59. The highest BCUT2D eigenvalue weighted by Crippen LogP contribution is 2.44. The van der Waals surface area contributed by atoms with E-state index in [2.05, 4.69) is 47.1 Å². The molecule has 29 heavy (non-hydrogen) atoms. The Balaban J connectivity index is 1.30. The molecule has 5 rings (SSSR count). The number of aromatic hydroxyl groups is 1. The molecule has 5 N–H and O–H groups in total. The maximum absolute atomic E-state index is 9.83. The molecule has 5 unspecified atom stereocenters. The first-order valence-corrected chi connectivity index (χ1v) is 10.9. The third-order valence-electron chi connectivity index (χ3n) is 7.01. The predicted octanol–water partition coefficient (Wildman–Crippen LogP) is 3.15. The number of phenolic OH excluding ortho intramolecular Hbond substituents is 1. The molecule has 1 saturated carbocycles. The summed E-state index contributed by atoms with van der Waals surface area (Å²) >= 11 is 0. The van der Waals surface area contributed by atoms with Crippen molar-refractivity contribution < 1.29 is 5.11 Å². The minimum Gasteiger partial charge on any atom is -0.508 e. The number of phenols is 1. The van der Waals surface area contributed by atoms with Crippen molar-refractivity contribution in [2.75, 3.05) is 6.54 Å². The number of fused-ring (bicyclic) bond motifs is 1. The van der Waals surface area contributed by atoms with Crippen LogP contribution in [0, 0.1) is 5.92 Å². The number of aromatic nitrogens is 2. The number of nitrogens with zero attached hydrogens (tertiary/aromatic N) is 1. The summed E-state index contributed by atoms with van der Waals surface area (Å²) in [4.78, 5) is 8.29. The Morgan fingerprint density at radius 2 is 2.10 bits per heavy atom. The van der Waals surface area contributed by atoms with Crippen LogP contribution in [-0.4, -0.2) is 33.7 Å². The van der Waals surface area contributed by atoms with Crippen molar-refractivity contribution in [2.24, 2.45) is 5.92 Å². The molecule has 5 atom stereocenters. The van der Waals surface area contributed by atoms with Gasteiger partial charge in [-0.25, -0.2) is 10.4 Å². The summed E-state index contributed by atoms with van der Waals surface area (Å²) in [6.45, 7) is 5.24. The molecular weight excluding hydrogens is 362 g/mol. The summed E-state index contributed by atoms with van der Waals surface area (Å²) in [5.74, 6) is 2.50. The minimum absolute atomic E-state index is 0.229. The Morgan fingerprint density at radius 3 is 2.90 bits per heavy atom. The molecule has 2 fully saturated rings. The van der Waals surface area contributed by atoms with E-state index in [1.54, 1.807) is 0 Å². The molecule has 154 valence electrons. The maximum atomic E-state index is 9.83. The van der Waals surface area contributed by atoms with Gasteiger partial charge in [0, 0.05) is 18.6 Å². The lowest BCUT2D eigenvalue weighted by Crippen LogP contribution is -2.35. The van der Waals surface area contributed by atoms with Crippen LogP contribution in [0.15, 0.2) is 30.5 Å². The number of aryl methyl sites for hydroxylation is 1. The van der Waals surface area contributed by atoms with E-state index >= 15 is 0 Å². The standard InChI is InChI=1S/C23H31N5O/c1-3-14-9-17(29)5-7-18(14)15-4-6-19-20(10-15)27-28-22(19)23-25-12-21(26-23)16-8-13(2)24-11-16/h5,7-9,12-13,15,19-20,22,24,27-29H,3-4,6,10-11H2,1-2H3,(H,25,26). The summed E-state index contributed by atoms with van der Waals surface area (Å²) in [5, 5.41) is 13.3. The SMILES string of the molecule is CCc1cc(O)ccc1C1CCC2C(C1)NNC2c1ncc(C2=CC(C)NC2)[nH]1. The van der Waals surface area contributed by atoms with Crippen LogP contribution in [0.5, 0.6) is 5.75 Å². The summed E-state index contributed by atoms with van der Waals surface area (Å²) in [6.07, 6.45) is 8.67. The number of hydrogen-bond acceptors (Lipinski definition) is 5. The van der Waals surface area contributed by atoms with Crippen LogP contribution in [0.4, 0.5) is 0 Å². The van der Waals surface area contributed by atoms with Crippen LogP contribution in [0.3, 0.4) is 0 Å². The molecule has 2 aromatic rings. The molecule has 2 aliphatic heterocycles. The zero-order chi connectivity index (χ0) is 20.0. The first kappa shape index (κ1) is 18.9. The average Bonchev–Trinajstić information content (AvgIpc) is 3.46. The fourth-order valence-electron chi connectivity index (χ4n) is 5.45. The summed E-state index contributed by atoms with van der Waals surface area (Å²) < 4.78 is 0. The van der Waals surface area contributed by atoms with E-state index in [9.17, 15) is 5.11 Å². The molecule has 3 heterocycles. The number of nitrogens with one attached hydrogen (secondary N) is 4. The van der Waals surface area contributed by atoms with Crippen LogP contribution < -0.4 is 16.2 Å². The average molecular weight is 394 g/mol. The van der Waals surface area contributed by atoms with E-state index < -0.39 is 0 Å². The molecule has 0 bridgehead atoms. The van der Waals surface area contributed by atoms with Crippen molar-refractivity contribution in [2.45, 2.75) is 63.6 Å². The van der Waals surface area contributed by atoms with Crippen LogP contribution >= 0.6 is 0 Å². The Labute approximate surface area is 172 Å². The van der Waals surface area contributed by atoms with Gasteiger partial charge in [-0.1, -0.05) is 19.1 Å². The quantitative estimate of drug-likeness (QED) is 0.551. The molecule has 1 aromatic carbocycles. The minimum atomic E-state index is 0.229. The molecule has 1 saturated heterocycles. The molecular formula is C23H31N5O. The normalized spacial score (nSPS) is 31.7. The molecule has 6 nitrogen and oxygen atoms in total. The van der Waals surface area contributed by atoms with Crippen molar-refractivity contribution in [1.29, 1.82) is 0 Å². The topological polar surface area (TPSA) is 85.0 Å². The second-order valence-electron chi connectivity index (χ2n) is 8.83. The summed E-state index contributed by atoms with van der Waals surface area (Å²) in [5.41, 5.74) is 12.2. The zero-order valence-corrected chi connectivity index (χ0v) is 17.2. The lowest BCUT2D eigenvalue weighted by Gasteiger charge is -2.33. The third kappa shape index (κ3) is 3.50. The molecule has 3 aliphatic rings. The largest absolute Gasteiger partial charge is 0.508 e. The van der Waals surface area contributed by atoms with Crippen LogP contribution in [0.25, 0.3) is 5.57 Å². The van der Waals surface area contributed by atoms with Gasteiger partial charge in [0.15, 0.2) is 0 Å². The van der Waals surface area contributed by atoms with Gasteiger partial charge < -0.3 is 15.4 Å². The molecule has 0 amide bonds. The molecule has 0 spiro atoms. The van der Waals surface area contributed by atoms with Crippen LogP contribution in [-0.2, 0) is 6.42 Å². The van der Waals surface area contributed by atoms with Gasteiger partial charge in [-0.3, -0.25) is 5.43 Å². The molecule has 1 aromatic heterocycles. The van der Waals surface area contributed by atoms with E-state index in [0.717, 1.165) is 30.9 Å². The Kier molecular flexibility index (Phi) is 4.94. The van der Waals surface area contributed by atoms with E-state index in [4.69, 9.17) is 4.98 Å². The Bertz CT molecular complexity index is 920. The highest BCUT2D eigenvalue weighted by Gasteiger charge is 2.42. The lowest BCUT2D eigenvalue weighted by atomic mass is 9.73. The fraction of sp³-hybridized carbons (Fsp3) is 0.522. The van der Waals surface area contributed by atoms with Gasteiger partial charge in [-0.05, 0) is 73.3 Å². The van der Waals surface area contributed by atoms with E-state index in [-0.39, 0.29) is 6.04 Å². The molecule has 0 radical (unpaired) electrons. The highest BCUT2D eigenvalue weighted by molar-refractivity contribution is 5.66. The van der Waals surface area contributed by atoms with Crippen molar-refractivity contribution in [3.8, 4) is 5.75 Å². The number of rotatable bonds is 4. The fourth-order valence-corrected chi connectivity index (χ4v) is 5.45. The van der Waals surface area contributed by atoms with Gasteiger partial charge >= 0.3 is 0 Å². The molecule has 1 aliphatic carbocycles. The monoisotopic (exact) mass is 393 g/mol. The van der Waals surface area contributed by atoms with Crippen molar-refractivity contribution >= 4 is 5.57 Å². The Hall–Kier alpha value is -2.15. The van der Waals surface area contributed by atoms with Crippen molar-refractivity contribution in [1.82, 2.24) is 26.1 Å². The first-order valence-electron chi connectivity index (χ1n) is 10.9. The number of imidazole rings is 1. The number of benzene rings is 1. The number of hydrogen-bond donors (Lipinski definition) is 5. The van der Waals surface area contributed by atoms with Gasteiger partial charge in [0.05, 0.1) is 17.9 Å². The Morgan fingerprint density at radius 1 is 1.21 bits per heavy atom. The van der Waals surface area contributed by atoms with Crippen molar-refractivity contribution in [3.63, 3.8) is 0 Å². The van der Waals surface area contributed by atoms with Gasteiger partial charge in [0.2, 0.25) is 0 Å². The first-order chi connectivity index (χ1) is 14.1. The lowest BCUT2D eigenvalue weighted by molar-refractivity contribution is 0.276. The van der Waals surface area contributed by atoms with E-state index in [1.807, 2.05) is 18.3 Å². The van der Waals surface area contributed by atoms with Gasteiger partial charge in [-0.2, -0.15) is 0 Å². The smallest absolute Gasteiger partial charge is 0.125 e. The highest BCUT2D eigenvalue weighted by atomic mass is 16.3. The number of hydrazine groups is 1. The summed E-state index contributed by atoms with van der Waals surface area (Å²) in [7, 11) is 0. The second-order valence-corrected chi connectivity index (χ2v) is 8.83. The van der Waals surface area contributed by atoms with Crippen LogP contribution in [0.1, 0.15) is 67.7 Å². The van der Waals surface area contributed by atoms with Crippen molar-refractivity contribution in [3.05, 3.63) is 53.1 Å². The maximum Gasteiger partial charge on any atom is 0.125 e. The number of aromatic amines is 1. The van der Waals surface area contributed by atoms with E-state index in [0.29, 0.717) is 29.7 Å². The summed E-state index contributed by atoms with van der Waals surface area (Å²) in [6, 6.07) is 6.99. The number of H-pyrrole nitrogens is 1.